The largest absolute Gasteiger partial charge is 0.464 e. The van der Waals surface area contributed by atoms with Gasteiger partial charge in [-0.3, -0.25) is 9.69 Å². The fraction of sp³-hybridized carbons (Fsp3) is 0.385. The van der Waals surface area contributed by atoms with Crippen LogP contribution in [0.5, 0.6) is 0 Å². The van der Waals surface area contributed by atoms with Crippen molar-refractivity contribution in [1.29, 1.82) is 0 Å². The summed E-state index contributed by atoms with van der Waals surface area (Å²) in [5, 5.41) is 4.27. The van der Waals surface area contributed by atoms with E-state index < -0.39 is 0 Å². The van der Waals surface area contributed by atoms with Crippen molar-refractivity contribution in [3.8, 4) is 0 Å². The summed E-state index contributed by atoms with van der Waals surface area (Å²) < 4.78 is 7.34. The second kappa shape index (κ2) is 4.85. The predicted molar refractivity (Wildman–Crippen MR) is 74.5 cm³/mol. The molecule has 5 nitrogen and oxygen atoms in total. The van der Waals surface area contributed by atoms with Crippen molar-refractivity contribution in [2.24, 2.45) is 0 Å². The van der Waals surface area contributed by atoms with Crippen LogP contribution in [0.1, 0.15) is 17.9 Å². The summed E-state index contributed by atoms with van der Waals surface area (Å²) in [4.78, 5) is 13.9. The summed E-state index contributed by atoms with van der Waals surface area (Å²) in [5.41, 5.74) is 0. The van der Waals surface area contributed by atoms with Crippen LogP contribution in [-0.4, -0.2) is 27.1 Å². The molecule has 2 aromatic rings. The standard InChI is InChI=1S/C13H14BrN3O2/c1-9-2-3-11(19-9)8-17-12(4-5-15-17)16-7-10(14)6-13(16)18/h2-5,10H,6-8H2,1H3. The van der Waals surface area contributed by atoms with Crippen molar-refractivity contribution >= 4 is 27.7 Å². The van der Waals surface area contributed by atoms with Crippen LogP contribution in [0.15, 0.2) is 28.8 Å². The van der Waals surface area contributed by atoms with Crippen LogP contribution in [0.4, 0.5) is 5.82 Å². The zero-order valence-electron chi connectivity index (χ0n) is 10.5. The van der Waals surface area contributed by atoms with Crippen LogP contribution >= 0.6 is 15.9 Å². The molecule has 3 rings (SSSR count). The van der Waals surface area contributed by atoms with Gasteiger partial charge < -0.3 is 4.42 Å². The number of furan rings is 1. The third kappa shape index (κ3) is 2.45. The van der Waals surface area contributed by atoms with Crippen LogP contribution in [0.25, 0.3) is 0 Å². The zero-order chi connectivity index (χ0) is 13.4. The highest BCUT2D eigenvalue weighted by molar-refractivity contribution is 9.09. The number of aromatic nitrogens is 2. The van der Waals surface area contributed by atoms with Crippen LogP contribution in [0.3, 0.4) is 0 Å². The quantitative estimate of drug-likeness (QED) is 0.814. The molecule has 0 aliphatic carbocycles. The van der Waals surface area contributed by atoms with Crippen molar-refractivity contribution in [3.63, 3.8) is 0 Å². The van der Waals surface area contributed by atoms with Gasteiger partial charge in [-0.05, 0) is 19.1 Å². The van der Waals surface area contributed by atoms with Gasteiger partial charge in [-0.25, -0.2) is 4.68 Å². The molecule has 0 N–H and O–H groups in total. The molecule has 0 saturated carbocycles. The molecule has 1 fully saturated rings. The number of hydrogen-bond acceptors (Lipinski definition) is 3. The minimum absolute atomic E-state index is 0.124. The van der Waals surface area contributed by atoms with E-state index in [1.54, 1.807) is 15.8 Å². The molecule has 1 aliphatic rings. The van der Waals surface area contributed by atoms with Gasteiger partial charge in [0.15, 0.2) is 0 Å². The lowest BCUT2D eigenvalue weighted by Crippen LogP contribution is -2.27. The summed E-state index contributed by atoms with van der Waals surface area (Å²) >= 11 is 3.49. The van der Waals surface area contributed by atoms with E-state index in [9.17, 15) is 4.79 Å². The van der Waals surface area contributed by atoms with Crippen LogP contribution < -0.4 is 4.90 Å². The van der Waals surface area contributed by atoms with Crippen LogP contribution in [0.2, 0.25) is 0 Å². The fourth-order valence-corrected chi connectivity index (χ4v) is 2.85. The van der Waals surface area contributed by atoms with Crippen molar-refractivity contribution in [3.05, 3.63) is 35.9 Å². The Kier molecular flexibility index (Phi) is 3.18. The molecule has 1 amide bonds. The van der Waals surface area contributed by atoms with Gasteiger partial charge in [-0.2, -0.15) is 5.10 Å². The maximum atomic E-state index is 11.9. The van der Waals surface area contributed by atoms with Crippen molar-refractivity contribution < 1.29 is 9.21 Å². The molecule has 0 radical (unpaired) electrons. The molecule has 0 spiro atoms. The first-order valence-corrected chi connectivity index (χ1v) is 7.06. The van der Waals surface area contributed by atoms with E-state index >= 15 is 0 Å². The van der Waals surface area contributed by atoms with Gasteiger partial charge in [0.1, 0.15) is 23.9 Å². The first-order chi connectivity index (χ1) is 9.13. The van der Waals surface area contributed by atoms with Gasteiger partial charge in [-0.1, -0.05) is 15.9 Å². The van der Waals surface area contributed by atoms with E-state index in [1.807, 2.05) is 25.1 Å². The number of alkyl halides is 1. The summed E-state index contributed by atoms with van der Waals surface area (Å²) in [5.74, 6) is 2.66. The molecule has 1 aliphatic heterocycles. The van der Waals surface area contributed by atoms with Crippen LogP contribution in [-0.2, 0) is 11.3 Å². The van der Waals surface area contributed by atoms with Crippen LogP contribution in [0, 0.1) is 6.92 Å². The number of hydrogen-bond donors (Lipinski definition) is 0. The number of amides is 1. The first kappa shape index (κ1) is 12.5. The maximum absolute atomic E-state index is 11.9. The highest BCUT2D eigenvalue weighted by Gasteiger charge is 2.30. The molecule has 6 heteroatoms. The Morgan fingerprint density at radius 1 is 1.47 bits per heavy atom. The van der Waals surface area contributed by atoms with E-state index in [1.165, 1.54) is 0 Å². The number of anilines is 1. The SMILES string of the molecule is Cc1ccc(Cn2nccc2N2CC(Br)CC2=O)o1. The highest BCUT2D eigenvalue weighted by atomic mass is 79.9. The smallest absolute Gasteiger partial charge is 0.229 e. The molecule has 0 aromatic carbocycles. The summed E-state index contributed by atoms with van der Waals surface area (Å²) in [6.45, 7) is 3.13. The number of carbonyl (C=O) groups is 1. The third-order valence-electron chi connectivity index (χ3n) is 3.15. The average Bonchev–Trinajstić information content (AvgIpc) is 3.02. The molecule has 2 aromatic heterocycles. The molecule has 1 saturated heterocycles. The third-order valence-corrected chi connectivity index (χ3v) is 3.76. The zero-order valence-corrected chi connectivity index (χ0v) is 12.1. The van der Waals surface area contributed by atoms with E-state index in [4.69, 9.17) is 4.42 Å². The fourth-order valence-electron chi connectivity index (χ4n) is 2.28. The van der Waals surface area contributed by atoms with E-state index in [-0.39, 0.29) is 10.7 Å². The molecule has 0 bridgehead atoms. The Balaban J connectivity index is 1.84. The molecule has 100 valence electrons. The van der Waals surface area contributed by atoms with Gasteiger partial charge >= 0.3 is 0 Å². The lowest BCUT2D eigenvalue weighted by Gasteiger charge is -2.16. The van der Waals surface area contributed by atoms with Gasteiger partial charge in [-0.15, -0.1) is 0 Å². The molecular weight excluding hydrogens is 310 g/mol. The topological polar surface area (TPSA) is 51.3 Å². The lowest BCUT2D eigenvalue weighted by molar-refractivity contribution is -0.117. The van der Waals surface area contributed by atoms with Gasteiger partial charge in [0.25, 0.3) is 0 Å². The Morgan fingerprint density at radius 3 is 2.95 bits per heavy atom. The number of carbonyl (C=O) groups excluding carboxylic acids is 1. The summed E-state index contributed by atoms with van der Waals surface area (Å²) in [7, 11) is 0. The molecule has 1 atom stereocenters. The lowest BCUT2D eigenvalue weighted by atomic mass is 10.4. The highest BCUT2D eigenvalue weighted by Crippen LogP contribution is 2.25. The Morgan fingerprint density at radius 2 is 2.32 bits per heavy atom. The minimum Gasteiger partial charge on any atom is -0.464 e. The number of nitrogens with zero attached hydrogens (tertiary/aromatic N) is 3. The Labute approximate surface area is 119 Å². The normalized spacial score (nSPS) is 19.4. The second-order valence-electron chi connectivity index (χ2n) is 4.67. The molecular formula is C13H14BrN3O2. The van der Waals surface area contributed by atoms with E-state index in [2.05, 4.69) is 21.0 Å². The monoisotopic (exact) mass is 323 g/mol. The maximum Gasteiger partial charge on any atom is 0.229 e. The Hall–Kier alpha value is -1.56. The molecule has 3 heterocycles. The second-order valence-corrected chi connectivity index (χ2v) is 5.96. The van der Waals surface area contributed by atoms with Gasteiger partial charge in [0.05, 0.1) is 6.20 Å². The number of rotatable bonds is 3. The molecule has 19 heavy (non-hydrogen) atoms. The van der Waals surface area contributed by atoms with Gasteiger partial charge in [0.2, 0.25) is 5.91 Å². The van der Waals surface area contributed by atoms with Gasteiger partial charge in [0, 0.05) is 23.9 Å². The van der Waals surface area contributed by atoms with E-state index in [0.29, 0.717) is 19.5 Å². The Bertz CT molecular complexity index is 605. The van der Waals surface area contributed by atoms with Crippen molar-refractivity contribution in [2.75, 3.05) is 11.4 Å². The minimum atomic E-state index is 0.124. The number of aryl methyl sites for hydroxylation is 1. The predicted octanol–water partition coefficient (Wildman–Crippen LogP) is 2.33. The molecule has 1 unspecified atom stereocenters. The first-order valence-electron chi connectivity index (χ1n) is 6.15. The number of halogens is 1. The summed E-state index contributed by atoms with van der Waals surface area (Å²) in [6, 6.07) is 5.71. The summed E-state index contributed by atoms with van der Waals surface area (Å²) in [6.07, 6.45) is 2.24. The van der Waals surface area contributed by atoms with Crippen molar-refractivity contribution in [1.82, 2.24) is 9.78 Å². The van der Waals surface area contributed by atoms with Crippen molar-refractivity contribution in [2.45, 2.75) is 24.7 Å². The van der Waals surface area contributed by atoms with E-state index in [0.717, 1.165) is 17.3 Å². The average molecular weight is 324 g/mol.